The Hall–Kier alpha value is -4.37. The van der Waals surface area contributed by atoms with Gasteiger partial charge in [0.2, 0.25) is 5.91 Å². The van der Waals surface area contributed by atoms with E-state index < -0.39 is 22.0 Å². The van der Waals surface area contributed by atoms with Gasteiger partial charge in [-0.25, -0.2) is 0 Å². The highest BCUT2D eigenvalue weighted by Crippen LogP contribution is 2.51. The maximum absolute atomic E-state index is 13.7. The van der Waals surface area contributed by atoms with Gasteiger partial charge >= 0.3 is 10.1 Å². The van der Waals surface area contributed by atoms with Crippen molar-refractivity contribution in [3.63, 3.8) is 0 Å². The molecule has 0 spiro atoms. The SMILES string of the molecule is CC(=O)Nc1ccc(S(=O)(=O)Oc2ccc([C@@H]3C4=C(CC(C)(C)CC4=O)N=C4c5ccccc5C(=O)[C@H]43)cc2)cc1. The molecule has 0 aromatic heterocycles. The molecule has 6 rings (SSSR count). The van der Waals surface area contributed by atoms with Crippen LogP contribution in [0.5, 0.6) is 5.75 Å². The van der Waals surface area contributed by atoms with Gasteiger partial charge in [0, 0.05) is 47.3 Å². The van der Waals surface area contributed by atoms with Crippen molar-refractivity contribution < 1.29 is 27.0 Å². The Kier molecular flexibility index (Phi) is 6.30. The number of allylic oxidation sites excluding steroid dienone is 2. The van der Waals surface area contributed by atoms with E-state index >= 15 is 0 Å². The van der Waals surface area contributed by atoms with Crippen molar-refractivity contribution in [2.24, 2.45) is 16.3 Å². The van der Waals surface area contributed by atoms with Gasteiger partial charge in [0.25, 0.3) is 0 Å². The lowest BCUT2D eigenvalue weighted by Gasteiger charge is -2.38. The second-order valence-electron chi connectivity index (χ2n) is 11.5. The van der Waals surface area contributed by atoms with Crippen LogP contribution in [0.25, 0.3) is 0 Å². The van der Waals surface area contributed by atoms with E-state index in [9.17, 15) is 22.8 Å². The van der Waals surface area contributed by atoms with Crippen LogP contribution in [0.15, 0.2) is 94.0 Å². The Morgan fingerprint density at radius 2 is 1.56 bits per heavy atom. The van der Waals surface area contributed by atoms with Crippen LogP contribution in [-0.4, -0.2) is 31.6 Å². The van der Waals surface area contributed by atoms with E-state index in [4.69, 9.17) is 9.18 Å². The summed E-state index contributed by atoms with van der Waals surface area (Å²) >= 11 is 0. The number of carbonyl (C=O) groups excluding carboxylic acids is 3. The minimum absolute atomic E-state index is 0.0154. The van der Waals surface area contributed by atoms with Crippen LogP contribution in [-0.2, 0) is 19.7 Å². The third kappa shape index (κ3) is 4.80. The Labute approximate surface area is 238 Å². The molecule has 41 heavy (non-hydrogen) atoms. The van der Waals surface area contributed by atoms with Crippen LogP contribution in [0.4, 0.5) is 5.69 Å². The lowest BCUT2D eigenvalue weighted by atomic mass is 9.66. The molecule has 1 heterocycles. The van der Waals surface area contributed by atoms with Crippen LogP contribution in [0, 0.1) is 11.3 Å². The first-order valence-corrected chi connectivity index (χ1v) is 14.7. The number of carbonyl (C=O) groups is 3. The molecule has 0 radical (unpaired) electrons. The molecule has 0 saturated heterocycles. The Bertz CT molecular complexity index is 1780. The monoisotopic (exact) mass is 568 g/mol. The predicted octanol–water partition coefficient (Wildman–Crippen LogP) is 5.45. The first-order chi connectivity index (χ1) is 19.4. The summed E-state index contributed by atoms with van der Waals surface area (Å²) in [5, 5.41) is 2.59. The summed E-state index contributed by atoms with van der Waals surface area (Å²) in [4.78, 5) is 43.3. The summed E-state index contributed by atoms with van der Waals surface area (Å²) in [6.45, 7) is 5.45. The van der Waals surface area contributed by atoms with Crippen molar-refractivity contribution in [3.05, 3.63) is 101 Å². The number of Topliss-reactive ketones (excluding diaryl/α,β-unsaturated/α-hetero) is 2. The standard InChI is InChI=1S/C32H28N2O6S/c1-18(35)33-20-10-14-22(15-11-20)41(38,39)40-21-12-8-19(9-13-21)27-28-25(16-32(2,3)17-26(28)36)34-30-23-6-4-5-7-24(23)31(37)29(27)30/h4-15,27,29H,16-17H2,1-3H3,(H,33,35)/t27-,29+/m1/s1. The molecule has 9 heteroatoms. The minimum Gasteiger partial charge on any atom is -0.379 e. The number of nitrogens with zero attached hydrogens (tertiary/aromatic N) is 1. The van der Waals surface area contributed by atoms with Crippen molar-refractivity contribution in [2.75, 3.05) is 5.32 Å². The van der Waals surface area contributed by atoms with E-state index in [1.54, 1.807) is 18.2 Å². The lowest BCUT2D eigenvalue weighted by Crippen LogP contribution is -2.37. The maximum atomic E-state index is 13.7. The molecule has 0 fully saturated rings. The van der Waals surface area contributed by atoms with E-state index in [0.717, 1.165) is 11.3 Å². The zero-order valence-corrected chi connectivity index (χ0v) is 23.6. The van der Waals surface area contributed by atoms with Gasteiger partial charge in [-0.3, -0.25) is 19.4 Å². The van der Waals surface area contributed by atoms with Crippen molar-refractivity contribution in [1.29, 1.82) is 0 Å². The van der Waals surface area contributed by atoms with Crippen molar-refractivity contribution in [2.45, 2.75) is 44.4 Å². The predicted molar refractivity (Wildman–Crippen MR) is 154 cm³/mol. The molecule has 2 atom stereocenters. The molecular formula is C32H28N2O6S. The van der Waals surface area contributed by atoms with Gasteiger partial charge in [0.1, 0.15) is 10.6 Å². The van der Waals surface area contributed by atoms with Gasteiger partial charge in [-0.15, -0.1) is 0 Å². The topological polar surface area (TPSA) is 119 Å². The fraction of sp³-hybridized carbons (Fsp3) is 0.250. The first-order valence-electron chi connectivity index (χ1n) is 13.3. The van der Waals surface area contributed by atoms with E-state index in [1.807, 2.05) is 32.0 Å². The zero-order valence-electron chi connectivity index (χ0n) is 22.8. The fourth-order valence-corrected chi connectivity index (χ4v) is 6.99. The fourth-order valence-electron chi connectivity index (χ4n) is 6.06. The molecule has 3 aromatic carbocycles. The number of hydrogen-bond acceptors (Lipinski definition) is 7. The Morgan fingerprint density at radius 1 is 0.902 bits per heavy atom. The van der Waals surface area contributed by atoms with Crippen LogP contribution >= 0.6 is 0 Å². The number of ketones is 2. The smallest absolute Gasteiger partial charge is 0.339 e. The largest absolute Gasteiger partial charge is 0.379 e. The molecule has 1 N–H and O–H groups in total. The van der Waals surface area contributed by atoms with Crippen molar-refractivity contribution in [3.8, 4) is 5.75 Å². The van der Waals surface area contributed by atoms with Gasteiger partial charge in [-0.2, -0.15) is 8.42 Å². The highest BCUT2D eigenvalue weighted by Gasteiger charge is 2.50. The quantitative estimate of drug-likeness (QED) is 0.409. The van der Waals surface area contributed by atoms with Gasteiger partial charge < -0.3 is 9.50 Å². The Morgan fingerprint density at radius 3 is 2.22 bits per heavy atom. The average molecular weight is 569 g/mol. The van der Waals surface area contributed by atoms with Crippen molar-refractivity contribution >= 4 is 39.0 Å². The zero-order chi connectivity index (χ0) is 29.1. The van der Waals surface area contributed by atoms with E-state index in [1.165, 1.54) is 43.3 Å². The number of nitrogens with one attached hydrogen (secondary N) is 1. The number of fused-ring (bicyclic) bond motifs is 3. The number of amides is 1. The molecule has 1 aliphatic heterocycles. The molecule has 3 aromatic rings. The molecule has 1 amide bonds. The highest BCUT2D eigenvalue weighted by molar-refractivity contribution is 7.87. The normalized spacial score (nSPS) is 21.0. The summed E-state index contributed by atoms with van der Waals surface area (Å²) in [5.74, 6) is -1.42. The van der Waals surface area contributed by atoms with Gasteiger partial charge in [0.05, 0.1) is 11.6 Å². The summed E-state index contributed by atoms with van der Waals surface area (Å²) in [6, 6.07) is 19.6. The third-order valence-corrected chi connectivity index (χ3v) is 9.01. The molecule has 3 aliphatic rings. The molecule has 0 saturated carbocycles. The van der Waals surface area contributed by atoms with Gasteiger partial charge in [-0.05, 0) is 53.8 Å². The lowest BCUT2D eigenvalue weighted by molar-refractivity contribution is -0.118. The molecule has 2 aliphatic carbocycles. The van der Waals surface area contributed by atoms with E-state index in [-0.39, 0.29) is 33.5 Å². The summed E-state index contributed by atoms with van der Waals surface area (Å²) in [5.41, 5.74) is 4.31. The maximum Gasteiger partial charge on any atom is 0.339 e. The first kappa shape index (κ1) is 26.8. The number of aliphatic imine (C=N–C) groups is 1. The number of rotatable bonds is 5. The highest BCUT2D eigenvalue weighted by atomic mass is 32.2. The molecule has 8 nitrogen and oxygen atoms in total. The molecule has 0 unspecified atom stereocenters. The summed E-state index contributed by atoms with van der Waals surface area (Å²) in [6.07, 6.45) is 0.985. The van der Waals surface area contributed by atoms with Crippen molar-refractivity contribution in [1.82, 2.24) is 0 Å². The van der Waals surface area contributed by atoms with E-state index in [0.29, 0.717) is 40.9 Å². The molecule has 208 valence electrons. The number of benzene rings is 3. The average Bonchev–Trinajstić information content (AvgIpc) is 3.19. The van der Waals surface area contributed by atoms with Gasteiger partial charge in [-0.1, -0.05) is 50.2 Å². The molecule has 0 bridgehead atoms. The number of anilines is 1. The number of hydrogen-bond donors (Lipinski definition) is 1. The van der Waals surface area contributed by atoms with Crippen LogP contribution in [0.1, 0.15) is 61.0 Å². The van der Waals surface area contributed by atoms with Crippen LogP contribution in [0.3, 0.4) is 0 Å². The van der Waals surface area contributed by atoms with Crippen LogP contribution in [0.2, 0.25) is 0 Å². The van der Waals surface area contributed by atoms with Crippen LogP contribution < -0.4 is 9.50 Å². The third-order valence-electron chi connectivity index (χ3n) is 7.75. The summed E-state index contributed by atoms with van der Waals surface area (Å²) in [7, 11) is -4.15. The van der Waals surface area contributed by atoms with Gasteiger partial charge in [0.15, 0.2) is 11.6 Å². The molecular weight excluding hydrogens is 540 g/mol. The second kappa shape index (κ2) is 9.62. The summed E-state index contributed by atoms with van der Waals surface area (Å²) < 4.78 is 31.2. The minimum atomic E-state index is -4.15. The van der Waals surface area contributed by atoms with E-state index in [2.05, 4.69) is 5.32 Å². The second-order valence-corrected chi connectivity index (χ2v) is 13.0. The Balaban J connectivity index is 1.34.